The second-order valence-corrected chi connectivity index (χ2v) is 12.1. The van der Waals surface area contributed by atoms with E-state index < -0.39 is 29.0 Å². The van der Waals surface area contributed by atoms with E-state index in [1.807, 2.05) is 0 Å². The van der Waals surface area contributed by atoms with Crippen LogP contribution in [0, 0.1) is 0 Å². The summed E-state index contributed by atoms with van der Waals surface area (Å²) in [5.41, 5.74) is 0. The van der Waals surface area contributed by atoms with Crippen molar-refractivity contribution in [2.45, 2.75) is 38.9 Å². The van der Waals surface area contributed by atoms with Gasteiger partial charge in [0.05, 0.1) is 3.69 Å². The lowest BCUT2D eigenvalue weighted by molar-refractivity contribution is 0.499. The van der Waals surface area contributed by atoms with Gasteiger partial charge >= 0.3 is 0 Å². The van der Waals surface area contributed by atoms with Crippen LogP contribution in [0.25, 0.3) is 0 Å². The van der Waals surface area contributed by atoms with Crippen molar-refractivity contribution >= 4 is 32.7 Å². The summed E-state index contributed by atoms with van der Waals surface area (Å²) in [4.78, 5) is 0. The summed E-state index contributed by atoms with van der Waals surface area (Å²) in [5, 5.41) is 0.206. The van der Waals surface area contributed by atoms with E-state index in [0.29, 0.717) is 0 Å². The van der Waals surface area contributed by atoms with Crippen molar-refractivity contribution in [2.24, 2.45) is 0 Å². The Morgan fingerprint density at radius 3 is 2.27 bits per heavy atom. The Balaban J connectivity index is 2.77. The summed E-state index contributed by atoms with van der Waals surface area (Å²) in [7, 11) is -1.73. The highest BCUT2D eigenvalue weighted by Gasteiger charge is 2.38. The molecule has 0 saturated heterocycles. The summed E-state index contributed by atoms with van der Waals surface area (Å²) in [6.45, 7) is 11.1. The van der Waals surface area contributed by atoms with Crippen molar-refractivity contribution < 1.29 is 8.82 Å². The second kappa shape index (κ2) is 4.59. The number of halogens is 2. The maximum atomic E-state index is 12.8. The third-order valence-corrected chi connectivity index (χ3v) is 9.66. The van der Waals surface area contributed by atoms with Crippen LogP contribution < -0.4 is 0 Å². The molecule has 0 N–H and O–H groups in total. The van der Waals surface area contributed by atoms with Gasteiger partial charge < -0.3 is 4.43 Å². The van der Waals surface area contributed by atoms with Crippen LogP contribution in [0.15, 0.2) is 22.1 Å². The Morgan fingerprint density at radius 2 is 1.87 bits per heavy atom. The largest absolute Gasteiger partial charge is 0.380 e. The number of hydrogen-bond acceptors (Lipinski definition) is 1. The van der Waals surface area contributed by atoms with Crippen LogP contribution >= 0.6 is 20.7 Å². The fraction of sp³-hybridized carbons (Fsp3) is 0.545. The molecule has 15 heavy (non-hydrogen) atoms. The zero-order chi connectivity index (χ0) is 11.7. The minimum Gasteiger partial charge on any atom is -0.380 e. The van der Waals surface area contributed by atoms with Gasteiger partial charge in [-0.2, -0.15) is 0 Å². The molecule has 0 fully saturated rings. The van der Waals surface area contributed by atoms with Crippen LogP contribution in [0.2, 0.25) is 18.1 Å². The molecule has 0 aliphatic carbocycles. The van der Waals surface area contributed by atoms with Crippen molar-refractivity contribution in [3.05, 3.63) is 22.1 Å². The number of rotatable bonds is 2. The van der Waals surface area contributed by atoms with Crippen LogP contribution in [0.3, 0.4) is 0 Å². The first-order chi connectivity index (χ1) is 6.72. The smallest absolute Gasteiger partial charge is 0.200 e. The van der Waals surface area contributed by atoms with Crippen LogP contribution in [0.1, 0.15) is 20.8 Å². The van der Waals surface area contributed by atoms with Gasteiger partial charge in [0.15, 0.2) is 8.32 Å². The molecule has 4 heteroatoms. The molecule has 1 rings (SSSR count). The highest BCUT2D eigenvalue weighted by molar-refractivity contribution is 14.2. The molecule has 0 aromatic heterocycles. The van der Waals surface area contributed by atoms with Gasteiger partial charge in [-0.15, -0.1) is 0 Å². The SMILES string of the molecule is CC(C)(C)[Si](C)(C)OC1=IC=C(F)C=C1. The Hall–Kier alpha value is 0.187. The average molecular weight is 340 g/mol. The molecule has 0 aromatic rings. The molecule has 0 unspecified atom stereocenters. The predicted octanol–water partition coefficient (Wildman–Crippen LogP) is 4.49. The van der Waals surface area contributed by atoms with Crippen LogP contribution in [-0.2, 0) is 4.43 Å². The van der Waals surface area contributed by atoms with E-state index in [1.54, 1.807) is 10.2 Å². The molecule has 0 spiro atoms. The van der Waals surface area contributed by atoms with Gasteiger partial charge in [0.25, 0.3) is 0 Å². The zero-order valence-corrected chi connectivity index (χ0v) is 13.1. The Labute approximate surface area is 102 Å². The topological polar surface area (TPSA) is 9.23 Å². The lowest BCUT2D eigenvalue weighted by Gasteiger charge is -2.36. The van der Waals surface area contributed by atoms with Gasteiger partial charge in [-0.25, -0.2) is 4.39 Å². The molecule has 1 nitrogen and oxygen atoms in total. The Morgan fingerprint density at radius 1 is 1.27 bits per heavy atom. The van der Waals surface area contributed by atoms with Crippen molar-refractivity contribution in [2.75, 3.05) is 0 Å². The maximum Gasteiger partial charge on any atom is 0.200 e. The first-order valence-electron chi connectivity index (χ1n) is 4.95. The minimum atomic E-state index is -1.73. The van der Waals surface area contributed by atoms with Crippen molar-refractivity contribution in [1.29, 1.82) is 0 Å². The summed E-state index contributed by atoms with van der Waals surface area (Å²) < 4.78 is 21.5. The van der Waals surface area contributed by atoms with Gasteiger partial charge in [-0.3, -0.25) is 0 Å². The molecule has 1 aliphatic heterocycles. The van der Waals surface area contributed by atoms with Crippen molar-refractivity contribution in [3.63, 3.8) is 0 Å². The summed E-state index contributed by atoms with van der Waals surface area (Å²) in [6, 6.07) is 0. The normalized spacial score (nSPS) is 18.0. The second-order valence-electron chi connectivity index (χ2n) is 5.10. The predicted molar refractivity (Wildman–Crippen MR) is 75.6 cm³/mol. The van der Waals surface area contributed by atoms with Gasteiger partial charge in [-0.1, -0.05) is 41.5 Å². The monoisotopic (exact) mass is 340 g/mol. The zero-order valence-electron chi connectivity index (χ0n) is 9.90. The van der Waals surface area contributed by atoms with Crippen molar-refractivity contribution in [3.8, 4) is 0 Å². The van der Waals surface area contributed by atoms with Crippen LogP contribution in [0.4, 0.5) is 4.39 Å². The van der Waals surface area contributed by atoms with Gasteiger partial charge in [0.1, 0.15) is 5.83 Å². The molecule has 0 saturated carbocycles. The summed E-state index contributed by atoms with van der Waals surface area (Å²) in [5.74, 6) is -0.120. The Kier molecular flexibility index (Phi) is 4.05. The lowest BCUT2D eigenvalue weighted by Crippen LogP contribution is -2.42. The molecular weight excluding hydrogens is 322 g/mol. The highest BCUT2D eigenvalue weighted by Crippen LogP contribution is 2.37. The first-order valence-corrected chi connectivity index (χ1v) is 10.2. The molecule has 0 amide bonds. The molecule has 1 heterocycles. The molecular formula is C11H18FIOSi. The molecule has 86 valence electrons. The van der Waals surface area contributed by atoms with Gasteiger partial charge in [0, 0.05) is 4.08 Å². The Bertz CT molecular complexity index is 337. The van der Waals surface area contributed by atoms with Gasteiger partial charge in [-0.05, 0) is 30.3 Å². The third kappa shape index (κ3) is 3.60. The highest BCUT2D eigenvalue weighted by atomic mass is 127. The lowest BCUT2D eigenvalue weighted by atomic mass is 10.2. The maximum absolute atomic E-state index is 12.8. The standard InChI is InChI=1S/C11H18FIOSi/c1-11(2,3)15(4,5)14-10-7-6-9(12)8-13-10/h6-8H,1-5H3. The summed E-state index contributed by atoms with van der Waals surface area (Å²) in [6.07, 6.45) is 3.29. The van der Waals surface area contributed by atoms with E-state index in [9.17, 15) is 4.39 Å². The van der Waals surface area contributed by atoms with E-state index in [4.69, 9.17) is 4.43 Å². The number of hydrogen-bond donors (Lipinski definition) is 0. The molecule has 0 bridgehead atoms. The third-order valence-electron chi connectivity index (χ3n) is 2.80. The molecule has 0 atom stereocenters. The van der Waals surface area contributed by atoms with Crippen LogP contribution in [0.5, 0.6) is 0 Å². The van der Waals surface area contributed by atoms with E-state index in [0.717, 1.165) is 3.69 Å². The summed E-state index contributed by atoms with van der Waals surface area (Å²) >= 11 is -0.400. The van der Waals surface area contributed by atoms with E-state index in [1.165, 1.54) is 6.08 Å². The first kappa shape index (κ1) is 13.3. The fourth-order valence-electron chi connectivity index (χ4n) is 0.777. The quantitative estimate of drug-likeness (QED) is 0.532. The minimum absolute atomic E-state index is 0.120. The average Bonchev–Trinajstić information content (AvgIpc) is 2.06. The van der Waals surface area contributed by atoms with E-state index in [2.05, 4.69) is 33.9 Å². The van der Waals surface area contributed by atoms with Gasteiger partial charge in [0.2, 0.25) is 0 Å². The van der Waals surface area contributed by atoms with Crippen molar-refractivity contribution in [1.82, 2.24) is 0 Å². The molecule has 1 aliphatic rings. The molecule has 0 radical (unpaired) electrons. The van der Waals surface area contributed by atoms with E-state index in [-0.39, 0.29) is 10.9 Å². The number of allylic oxidation sites excluding steroid dienone is 2. The fourth-order valence-corrected chi connectivity index (χ4v) is 4.92. The van der Waals surface area contributed by atoms with Crippen LogP contribution in [-0.4, -0.2) is 12.0 Å². The molecule has 0 aromatic carbocycles. The van der Waals surface area contributed by atoms with E-state index >= 15 is 0 Å².